The smallest absolute Gasteiger partial charge is 0.244 e. The van der Waals surface area contributed by atoms with Gasteiger partial charge in [-0.2, -0.15) is 5.26 Å². The van der Waals surface area contributed by atoms with Crippen LogP contribution in [0.2, 0.25) is 5.02 Å². The lowest BCUT2D eigenvalue weighted by atomic mass is 10.1. The number of amides is 1. The Hall–Kier alpha value is -1.73. The minimum absolute atomic E-state index is 0.0707. The molecule has 0 aromatic heterocycles. The van der Waals surface area contributed by atoms with E-state index in [0.29, 0.717) is 16.3 Å². The van der Waals surface area contributed by atoms with Crippen molar-refractivity contribution < 1.29 is 4.79 Å². The quantitative estimate of drug-likeness (QED) is 0.924. The van der Waals surface area contributed by atoms with Gasteiger partial charge in [0, 0.05) is 18.1 Å². The molecule has 100 valence electrons. The molecule has 19 heavy (non-hydrogen) atoms. The van der Waals surface area contributed by atoms with Crippen molar-refractivity contribution in [2.45, 2.75) is 25.8 Å². The van der Waals surface area contributed by atoms with E-state index in [0.717, 1.165) is 25.9 Å². The molecule has 0 aliphatic carbocycles. The summed E-state index contributed by atoms with van der Waals surface area (Å²) in [6.45, 7) is 3.46. The first kappa shape index (κ1) is 13.7. The van der Waals surface area contributed by atoms with Crippen LogP contribution in [0.1, 0.15) is 25.3 Å². The first-order valence-corrected chi connectivity index (χ1v) is 6.74. The van der Waals surface area contributed by atoms with Crippen LogP contribution in [0.25, 0.3) is 0 Å². The molecule has 0 radical (unpaired) electrons. The third kappa shape index (κ3) is 3.18. The highest BCUT2D eigenvalue weighted by Gasteiger charge is 2.23. The number of nitrogens with one attached hydrogen (secondary N) is 1. The second-order valence-electron chi connectivity index (χ2n) is 4.70. The van der Waals surface area contributed by atoms with Crippen molar-refractivity contribution in [3.63, 3.8) is 0 Å². The molecule has 1 unspecified atom stereocenters. The Bertz CT molecular complexity index is 518. The van der Waals surface area contributed by atoms with E-state index < -0.39 is 0 Å². The zero-order valence-corrected chi connectivity index (χ0v) is 11.6. The molecule has 1 aliphatic rings. The van der Waals surface area contributed by atoms with Gasteiger partial charge in [-0.25, -0.2) is 0 Å². The van der Waals surface area contributed by atoms with Gasteiger partial charge in [-0.1, -0.05) is 11.6 Å². The van der Waals surface area contributed by atoms with Crippen LogP contribution >= 0.6 is 11.6 Å². The maximum absolute atomic E-state index is 12.2. The van der Waals surface area contributed by atoms with E-state index in [9.17, 15) is 4.79 Å². The fraction of sp³-hybridized carbons (Fsp3) is 0.429. The van der Waals surface area contributed by atoms with Crippen LogP contribution in [0.3, 0.4) is 0 Å². The molecule has 1 heterocycles. The van der Waals surface area contributed by atoms with E-state index in [4.69, 9.17) is 16.9 Å². The Morgan fingerprint density at radius 1 is 1.47 bits per heavy atom. The predicted molar refractivity (Wildman–Crippen MR) is 75.1 cm³/mol. The van der Waals surface area contributed by atoms with Gasteiger partial charge >= 0.3 is 0 Å². The molecule has 1 amide bonds. The van der Waals surface area contributed by atoms with Crippen molar-refractivity contribution in [1.82, 2.24) is 4.90 Å². The van der Waals surface area contributed by atoms with Crippen LogP contribution in [0, 0.1) is 11.3 Å². The fourth-order valence-corrected chi connectivity index (χ4v) is 2.41. The van der Waals surface area contributed by atoms with Crippen LogP contribution in [0.4, 0.5) is 5.69 Å². The lowest BCUT2D eigenvalue weighted by Gasteiger charge is -2.22. The topological polar surface area (TPSA) is 56.1 Å². The number of carbonyl (C=O) groups is 1. The van der Waals surface area contributed by atoms with E-state index in [1.54, 1.807) is 18.2 Å². The zero-order chi connectivity index (χ0) is 13.8. The van der Waals surface area contributed by atoms with E-state index in [-0.39, 0.29) is 11.9 Å². The number of carbonyl (C=O) groups excluding carboxylic acids is 1. The number of nitriles is 1. The third-order valence-corrected chi connectivity index (χ3v) is 3.50. The maximum atomic E-state index is 12.2. The summed E-state index contributed by atoms with van der Waals surface area (Å²) in [7, 11) is 0. The molecule has 5 heteroatoms. The second-order valence-corrected chi connectivity index (χ2v) is 5.14. The molecule has 4 nitrogen and oxygen atoms in total. The summed E-state index contributed by atoms with van der Waals surface area (Å²) < 4.78 is 0. The molecule has 0 bridgehead atoms. The van der Waals surface area contributed by atoms with Crippen molar-refractivity contribution >= 4 is 23.2 Å². The summed E-state index contributed by atoms with van der Waals surface area (Å²) in [4.78, 5) is 14.0. The number of rotatable bonds is 3. The maximum Gasteiger partial charge on any atom is 0.244 e. The van der Waals surface area contributed by atoms with Gasteiger partial charge in [0.05, 0.1) is 11.3 Å². The Morgan fingerprint density at radius 2 is 2.16 bits per heavy atom. The van der Waals surface area contributed by atoms with Crippen LogP contribution in [-0.4, -0.2) is 29.9 Å². The van der Waals surface area contributed by atoms with Gasteiger partial charge in [0.1, 0.15) is 12.1 Å². The molecule has 1 N–H and O–H groups in total. The number of anilines is 1. The van der Waals surface area contributed by atoms with Crippen LogP contribution in [-0.2, 0) is 4.79 Å². The summed E-state index contributed by atoms with van der Waals surface area (Å²) in [5, 5.41) is 12.7. The van der Waals surface area contributed by atoms with Gasteiger partial charge in [-0.15, -0.1) is 0 Å². The van der Waals surface area contributed by atoms with Crippen molar-refractivity contribution in [3.8, 4) is 6.07 Å². The molecule has 1 fully saturated rings. The second kappa shape index (κ2) is 5.94. The Kier molecular flexibility index (Phi) is 4.28. The normalized spacial score (nSPS) is 15.9. The summed E-state index contributed by atoms with van der Waals surface area (Å²) in [6.07, 6.45) is 2.14. The zero-order valence-electron chi connectivity index (χ0n) is 10.8. The number of likely N-dealkylation sites (tertiary alicyclic amines) is 1. The molecule has 1 saturated heterocycles. The molecule has 1 aliphatic heterocycles. The lowest BCUT2D eigenvalue weighted by Crippen LogP contribution is -2.39. The highest BCUT2D eigenvalue weighted by atomic mass is 35.5. The van der Waals surface area contributed by atoms with Gasteiger partial charge in [0.25, 0.3) is 0 Å². The van der Waals surface area contributed by atoms with Crippen molar-refractivity contribution in [1.29, 1.82) is 5.26 Å². The van der Waals surface area contributed by atoms with Crippen molar-refractivity contribution in [3.05, 3.63) is 28.8 Å². The van der Waals surface area contributed by atoms with E-state index in [2.05, 4.69) is 11.4 Å². The minimum atomic E-state index is -0.358. The number of hydrogen-bond acceptors (Lipinski definition) is 3. The summed E-state index contributed by atoms with van der Waals surface area (Å²) in [5.74, 6) is 0.0707. The predicted octanol–water partition coefficient (Wildman–Crippen LogP) is 2.63. The Balaban J connectivity index is 2.10. The molecular weight excluding hydrogens is 262 g/mol. The van der Waals surface area contributed by atoms with Crippen molar-refractivity contribution in [2.75, 3.05) is 18.4 Å². The first-order chi connectivity index (χ1) is 9.11. The van der Waals surface area contributed by atoms with E-state index in [1.807, 2.05) is 11.8 Å². The van der Waals surface area contributed by atoms with Gasteiger partial charge in [0.15, 0.2) is 0 Å². The van der Waals surface area contributed by atoms with Crippen LogP contribution in [0.15, 0.2) is 18.2 Å². The molecule has 0 spiro atoms. The van der Waals surface area contributed by atoms with E-state index in [1.165, 1.54) is 0 Å². The number of nitrogens with zero attached hydrogens (tertiary/aromatic N) is 2. The highest BCUT2D eigenvalue weighted by molar-refractivity contribution is 6.30. The molecule has 2 rings (SSSR count). The average molecular weight is 278 g/mol. The Morgan fingerprint density at radius 3 is 2.79 bits per heavy atom. The van der Waals surface area contributed by atoms with Gasteiger partial charge in [0.2, 0.25) is 5.91 Å². The van der Waals surface area contributed by atoms with Crippen molar-refractivity contribution in [2.24, 2.45) is 0 Å². The standard InChI is InChI=1S/C14H16ClN3O/c1-10(14(19)18-6-2-3-7-18)17-13-8-12(15)5-4-11(13)9-16/h4-5,8,10,17H,2-3,6-7H2,1H3. The fourth-order valence-electron chi connectivity index (χ4n) is 2.24. The molecule has 1 aromatic rings. The van der Waals surface area contributed by atoms with Gasteiger partial charge in [-0.3, -0.25) is 4.79 Å². The number of hydrogen-bond donors (Lipinski definition) is 1. The number of benzene rings is 1. The number of halogens is 1. The Labute approximate surface area is 118 Å². The summed E-state index contributed by atoms with van der Waals surface area (Å²) >= 11 is 5.92. The highest BCUT2D eigenvalue weighted by Crippen LogP contribution is 2.21. The van der Waals surface area contributed by atoms with Crippen LogP contribution in [0.5, 0.6) is 0 Å². The van der Waals surface area contributed by atoms with Gasteiger partial charge < -0.3 is 10.2 Å². The lowest BCUT2D eigenvalue weighted by molar-refractivity contribution is -0.130. The molecule has 0 saturated carbocycles. The molecule has 1 atom stereocenters. The van der Waals surface area contributed by atoms with E-state index >= 15 is 0 Å². The molecular formula is C14H16ClN3O. The van der Waals surface area contributed by atoms with Gasteiger partial charge in [-0.05, 0) is 38.0 Å². The third-order valence-electron chi connectivity index (χ3n) is 3.26. The minimum Gasteiger partial charge on any atom is -0.373 e. The van der Waals surface area contributed by atoms with Crippen LogP contribution < -0.4 is 5.32 Å². The monoisotopic (exact) mass is 277 g/mol. The molecule has 1 aromatic carbocycles. The SMILES string of the molecule is CC(Nc1cc(Cl)ccc1C#N)C(=O)N1CCCC1. The largest absolute Gasteiger partial charge is 0.373 e. The average Bonchev–Trinajstić information content (AvgIpc) is 2.92. The summed E-state index contributed by atoms with van der Waals surface area (Å²) in [5.41, 5.74) is 1.10. The first-order valence-electron chi connectivity index (χ1n) is 6.37. The summed E-state index contributed by atoms with van der Waals surface area (Å²) in [6, 6.07) is 6.72.